The van der Waals surface area contributed by atoms with Crippen molar-refractivity contribution in [3.63, 3.8) is 0 Å². The second kappa shape index (κ2) is 6.88. The van der Waals surface area contributed by atoms with Gasteiger partial charge in [-0.3, -0.25) is 4.79 Å². The molecule has 0 aliphatic heterocycles. The normalized spacial score (nSPS) is 10.6. The number of carbonyl (C=O) groups is 1. The molecule has 0 spiro atoms. The first kappa shape index (κ1) is 15.7. The van der Waals surface area contributed by atoms with E-state index in [9.17, 15) is 4.79 Å². The predicted molar refractivity (Wildman–Crippen MR) is 90.3 cm³/mol. The number of nitrogens with zero attached hydrogens (tertiary/aromatic N) is 2. The lowest BCUT2D eigenvalue weighted by Crippen LogP contribution is -2.14. The molecule has 0 saturated carbocycles. The Morgan fingerprint density at radius 3 is 2.60 bits per heavy atom. The Kier molecular flexibility index (Phi) is 5.42. The van der Waals surface area contributed by atoms with E-state index in [0.29, 0.717) is 9.47 Å². The molecule has 3 N–H and O–H groups in total. The van der Waals surface area contributed by atoms with Gasteiger partial charge in [0.25, 0.3) is 0 Å². The molecule has 20 heavy (non-hydrogen) atoms. The molecule has 0 bridgehead atoms. The molecule has 0 radical (unpaired) electrons. The van der Waals surface area contributed by atoms with E-state index in [-0.39, 0.29) is 11.7 Å². The standard InChI is InChI=1S/C11H10Br2N4OS2/c1-5-2-6(12)9(7(13)3-5)15-8(18)4-19-11-17-16-10(14)20-11/h2-3H,4H2,1H3,(H2,14,16)(H,15,18). The molecule has 106 valence electrons. The topological polar surface area (TPSA) is 80.9 Å². The van der Waals surface area contributed by atoms with Crippen molar-refractivity contribution in [3.8, 4) is 0 Å². The summed E-state index contributed by atoms with van der Waals surface area (Å²) in [4.78, 5) is 11.9. The highest BCUT2D eigenvalue weighted by Crippen LogP contribution is 2.32. The molecule has 1 aromatic carbocycles. The lowest BCUT2D eigenvalue weighted by atomic mass is 10.2. The van der Waals surface area contributed by atoms with Crippen LogP contribution in [0.2, 0.25) is 0 Å². The Balaban J connectivity index is 1.98. The molecule has 1 amide bonds. The molecule has 0 saturated heterocycles. The third-order valence-electron chi connectivity index (χ3n) is 2.20. The summed E-state index contributed by atoms with van der Waals surface area (Å²) in [5.74, 6) is 0.135. The van der Waals surface area contributed by atoms with Crippen LogP contribution in [0.25, 0.3) is 0 Å². The van der Waals surface area contributed by atoms with Gasteiger partial charge < -0.3 is 11.1 Å². The van der Waals surface area contributed by atoms with Gasteiger partial charge in [0, 0.05) is 8.95 Å². The van der Waals surface area contributed by atoms with Crippen LogP contribution in [0, 0.1) is 6.92 Å². The average Bonchev–Trinajstić information content (AvgIpc) is 2.77. The van der Waals surface area contributed by atoms with Crippen molar-refractivity contribution in [2.24, 2.45) is 0 Å². The molecule has 2 aromatic rings. The lowest BCUT2D eigenvalue weighted by molar-refractivity contribution is -0.113. The van der Waals surface area contributed by atoms with E-state index in [1.165, 1.54) is 23.1 Å². The zero-order valence-electron chi connectivity index (χ0n) is 10.3. The number of amides is 1. The zero-order chi connectivity index (χ0) is 14.7. The Labute approximate surface area is 141 Å². The van der Waals surface area contributed by atoms with Crippen LogP contribution in [0.5, 0.6) is 0 Å². The third kappa shape index (κ3) is 4.18. The van der Waals surface area contributed by atoms with E-state index in [4.69, 9.17) is 5.73 Å². The van der Waals surface area contributed by atoms with Gasteiger partial charge in [-0.15, -0.1) is 10.2 Å². The molecule has 1 heterocycles. The average molecular weight is 438 g/mol. The van der Waals surface area contributed by atoms with Crippen LogP contribution < -0.4 is 11.1 Å². The third-order valence-corrected chi connectivity index (χ3v) is 5.34. The minimum absolute atomic E-state index is 0.117. The Morgan fingerprint density at radius 2 is 2.05 bits per heavy atom. The first-order valence-corrected chi connectivity index (χ1v) is 8.82. The van der Waals surface area contributed by atoms with Crippen LogP contribution in [0.4, 0.5) is 10.8 Å². The number of nitrogen functional groups attached to an aromatic ring is 1. The molecule has 5 nitrogen and oxygen atoms in total. The quantitative estimate of drug-likeness (QED) is 0.713. The zero-order valence-corrected chi connectivity index (χ0v) is 15.1. The van der Waals surface area contributed by atoms with E-state index in [0.717, 1.165) is 20.2 Å². The summed E-state index contributed by atoms with van der Waals surface area (Å²) >= 11 is 9.44. The number of nitrogens with one attached hydrogen (secondary N) is 1. The highest BCUT2D eigenvalue weighted by atomic mass is 79.9. The molecule has 0 aliphatic rings. The first-order valence-electron chi connectivity index (χ1n) is 5.43. The fourth-order valence-corrected chi connectivity index (χ4v) is 4.45. The summed E-state index contributed by atoms with van der Waals surface area (Å²) in [7, 11) is 0. The first-order chi connectivity index (χ1) is 9.45. The number of hydrogen-bond acceptors (Lipinski definition) is 6. The van der Waals surface area contributed by atoms with Crippen molar-refractivity contribution >= 4 is 71.7 Å². The van der Waals surface area contributed by atoms with E-state index in [2.05, 4.69) is 47.4 Å². The van der Waals surface area contributed by atoms with Crippen LogP contribution >= 0.6 is 55.0 Å². The van der Waals surface area contributed by atoms with Crippen molar-refractivity contribution in [2.45, 2.75) is 11.3 Å². The number of benzene rings is 1. The smallest absolute Gasteiger partial charge is 0.234 e. The van der Waals surface area contributed by atoms with E-state index in [1.54, 1.807) is 0 Å². The maximum Gasteiger partial charge on any atom is 0.234 e. The molecule has 0 aliphatic carbocycles. The number of thioether (sulfide) groups is 1. The van der Waals surface area contributed by atoms with Gasteiger partial charge in [-0.05, 0) is 56.5 Å². The Bertz CT molecular complexity index is 624. The number of anilines is 2. The maximum absolute atomic E-state index is 11.9. The van der Waals surface area contributed by atoms with Crippen LogP contribution in [0.1, 0.15) is 5.56 Å². The molecule has 0 atom stereocenters. The highest BCUT2D eigenvalue weighted by molar-refractivity contribution is 9.11. The number of carbonyl (C=O) groups excluding carboxylic acids is 1. The largest absolute Gasteiger partial charge is 0.374 e. The van der Waals surface area contributed by atoms with Crippen LogP contribution in [-0.4, -0.2) is 21.9 Å². The molecule has 1 aromatic heterocycles. The molecule has 9 heteroatoms. The summed E-state index contributed by atoms with van der Waals surface area (Å²) in [6.07, 6.45) is 0. The minimum Gasteiger partial charge on any atom is -0.374 e. The predicted octanol–water partition coefficient (Wildman–Crippen LogP) is 3.68. The summed E-state index contributed by atoms with van der Waals surface area (Å²) in [6.45, 7) is 1.98. The van der Waals surface area contributed by atoms with Gasteiger partial charge in [0.05, 0.1) is 11.4 Å². The number of aryl methyl sites for hydroxylation is 1. The fraction of sp³-hybridized carbons (Fsp3) is 0.182. The van der Waals surface area contributed by atoms with Gasteiger partial charge >= 0.3 is 0 Å². The second-order valence-electron chi connectivity index (χ2n) is 3.85. The van der Waals surface area contributed by atoms with Gasteiger partial charge in [-0.1, -0.05) is 23.1 Å². The summed E-state index contributed by atoms with van der Waals surface area (Å²) in [5, 5.41) is 10.8. The monoisotopic (exact) mass is 436 g/mol. The van der Waals surface area contributed by atoms with Crippen molar-refractivity contribution in [1.82, 2.24) is 10.2 Å². The molecule has 0 fully saturated rings. The summed E-state index contributed by atoms with van der Waals surface area (Å²) in [5.41, 5.74) is 7.30. The minimum atomic E-state index is -0.117. The van der Waals surface area contributed by atoms with Gasteiger partial charge in [-0.25, -0.2) is 0 Å². The van der Waals surface area contributed by atoms with Crippen molar-refractivity contribution in [2.75, 3.05) is 16.8 Å². The number of aromatic nitrogens is 2. The molecule has 0 unspecified atom stereocenters. The SMILES string of the molecule is Cc1cc(Br)c(NC(=O)CSc2nnc(N)s2)c(Br)c1. The van der Waals surface area contributed by atoms with Crippen LogP contribution in [0.15, 0.2) is 25.4 Å². The number of hydrogen-bond donors (Lipinski definition) is 2. The Morgan fingerprint density at radius 1 is 1.40 bits per heavy atom. The Hall–Kier alpha value is -0.640. The number of rotatable bonds is 4. The van der Waals surface area contributed by atoms with Crippen molar-refractivity contribution in [3.05, 3.63) is 26.6 Å². The van der Waals surface area contributed by atoms with Crippen molar-refractivity contribution < 1.29 is 4.79 Å². The molecule has 2 rings (SSSR count). The lowest BCUT2D eigenvalue weighted by Gasteiger charge is -2.10. The highest BCUT2D eigenvalue weighted by Gasteiger charge is 2.11. The van der Waals surface area contributed by atoms with Crippen LogP contribution in [0.3, 0.4) is 0 Å². The second-order valence-corrected chi connectivity index (χ2v) is 7.79. The fourth-order valence-electron chi connectivity index (χ4n) is 1.40. The molecular formula is C11H10Br2N4OS2. The number of nitrogens with two attached hydrogens (primary N) is 1. The summed E-state index contributed by atoms with van der Waals surface area (Å²) < 4.78 is 2.35. The van der Waals surface area contributed by atoms with Crippen molar-refractivity contribution in [1.29, 1.82) is 0 Å². The van der Waals surface area contributed by atoms with Gasteiger partial charge in [0.1, 0.15) is 0 Å². The number of halogens is 2. The van der Waals surface area contributed by atoms with E-state index >= 15 is 0 Å². The molecular weight excluding hydrogens is 428 g/mol. The van der Waals surface area contributed by atoms with E-state index in [1.807, 2.05) is 19.1 Å². The van der Waals surface area contributed by atoms with Gasteiger partial charge in [0.15, 0.2) is 4.34 Å². The summed E-state index contributed by atoms with van der Waals surface area (Å²) in [6, 6.07) is 3.89. The van der Waals surface area contributed by atoms with Crippen LogP contribution in [-0.2, 0) is 4.79 Å². The van der Waals surface area contributed by atoms with Gasteiger partial charge in [0.2, 0.25) is 11.0 Å². The van der Waals surface area contributed by atoms with Gasteiger partial charge in [-0.2, -0.15) is 0 Å². The van der Waals surface area contributed by atoms with E-state index < -0.39 is 0 Å². The maximum atomic E-state index is 11.9.